The summed E-state index contributed by atoms with van der Waals surface area (Å²) in [6.07, 6.45) is 7.93. The zero-order valence-corrected chi connectivity index (χ0v) is 7.05. The maximum Gasteiger partial charge on any atom is 0.226 e. The normalized spacial score (nSPS) is 20.8. The van der Waals surface area contributed by atoms with Gasteiger partial charge in [-0.15, -0.1) is 0 Å². The van der Waals surface area contributed by atoms with Gasteiger partial charge in [0, 0.05) is 19.2 Å². The second kappa shape index (κ2) is 4.16. The van der Waals surface area contributed by atoms with Gasteiger partial charge in [0.05, 0.1) is 0 Å². The first kappa shape index (κ1) is 8.31. The zero-order chi connectivity index (χ0) is 8.10. The molecule has 1 heterocycles. The van der Waals surface area contributed by atoms with Crippen LogP contribution >= 0.6 is 0 Å². The molecule has 0 N–H and O–H groups in total. The van der Waals surface area contributed by atoms with Crippen LogP contribution < -0.4 is 0 Å². The van der Waals surface area contributed by atoms with E-state index in [9.17, 15) is 4.79 Å². The Hall–Kier alpha value is -0.790. The molecule has 11 heavy (non-hydrogen) atoms. The van der Waals surface area contributed by atoms with Crippen LogP contribution in [0.15, 0.2) is 12.3 Å². The van der Waals surface area contributed by atoms with E-state index in [2.05, 4.69) is 0 Å². The number of carbonyl (C=O) groups excluding carboxylic acids is 1. The molecule has 0 bridgehead atoms. The molecule has 0 aromatic carbocycles. The smallest absolute Gasteiger partial charge is 0.226 e. The van der Waals surface area contributed by atoms with Gasteiger partial charge in [0.1, 0.15) is 0 Å². The third-order valence-corrected chi connectivity index (χ3v) is 1.94. The van der Waals surface area contributed by atoms with Crippen molar-refractivity contribution in [1.29, 1.82) is 0 Å². The van der Waals surface area contributed by atoms with E-state index in [4.69, 9.17) is 0 Å². The largest absolute Gasteiger partial charge is 0.319 e. The molecular weight excluding hydrogens is 138 g/mol. The number of hydrogen-bond acceptors (Lipinski definition) is 1. The summed E-state index contributed by atoms with van der Waals surface area (Å²) >= 11 is 0. The van der Waals surface area contributed by atoms with Gasteiger partial charge >= 0.3 is 0 Å². The minimum absolute atomic E-state index is 0.278. The van der Waals surface area contributed by atoms with Gasteiger partial charge in [-0.1, -0.05) is 12.5 Å². The van der Waals surface area contributed by atoms with Crippen LogP contribution in [0, 0.1) is 0 Å². The minimum atomic E-state index is 0.278. The summed E-state index contributed by atoms with van der Waals surface area (Å²) < 4.78 is 0. The van der Waals surface area contributed by atoms with Gasteiger partial charge < -0.3 is 4.90 Å². The molecule has 0 radical (unpaired) electrons. The molecule has 0 aromatic rings. The van der Waals surface area contributed by atoms with Crippen LogP contribution in [-0.4, -0.2) is 17.4 Å². The highest BCUT2D eigenvalue weighted by atomic mass is 16.2. The fraction of sp³-hybridized carbons (Fsp3) is 0.667. The number of carbonyl (C=O) groups is 1. The van der Waals surface area contributed by atoms with Gasteiger partial charge in [-0.25, -0.2) is 0 Å². The Morgan fingerprint density at radius 2 is 2.18 bits per heavy atom. The fourth-order valence-corrected chi connectivity index (χ4v) is 1.34. The van der Waals surface area contributed by atoms with E-state index in [1.165, 1.54) is 6.42 Å². The van der Waals surface area contributed by atoms with E-state index in [0.29, 0.717) is 0 Å². The Morgan fingerprint density at radius 1 is 1.36 bits per heavy atom. The first-order chi connectivity index (χ1) is 5.34. The lowest BCUT2D eigenvalue weighted by molar-refractivity contribution is -0.128. The summed E-state index contributed by atoms with van der Waals surface area (Å²) in [4.78, 5) is 13.1. The lowest BCUT2D eigenvalue weighted by atomic mass is 10.2. The van der Waals surface area contributed by atoms with Crippen LogP contribution in [0.25, 0.3) is 0 Å². The molecule has 1 fully saturated rings. The highest BCUT2D eigenvalue weighted by Gasteiger charge is 2.12. The standard InChI is InChI=1S/C9H15NO/c1-2-7-10-8-5-3-4-6-9(10)11/h2,7H,3-6,8H2,1H3/b7-2+. The van der Waals surface area contributed by atoms with Crippen LogP contribution in [0.5, 0.6) is 0 Å². The Morgan fingerprint density at radius 3 is 2.91 bits per heavy atom. The molecule has 0 aliphatic carbocycles. The van der Waals surface area contributed by atoms with Crippen molar-refractivity contribution in [2.75, 3.05) is 6.54 Å². The second-order valence-electron chi connectivity index (χ2n) is 2.88. The van der Waals surface area contributed by atoms with Crippen LogP contribution in [0.2, 0.25) is 0 Å². The minimum Gasteiger partial charge on any atom is -0.319 e. The highest BCUT2D eigenvalue weighted by Crippen LogP contribution is 2.10. The first-order valence-corrected chi connectivity index (χ1v) is 4.27. The van der Waals surface area contributed by atoms with Crippen LogP contribution in [-0.2, 0) is 4.79 Å². The van der Waals surface area contributed by atoms with Crippen molar-refractivity contribution in [3.63, 3.8) is 0 Å². The number of nitrogens with zero attached hydrogens (tertiary/aromatic N) is 1. The van der Waals surface area contributed by atoms with Gasteiger partial charge in [0.25, 0.3) is 0 Å². The first-order valence-electron chi connectivity index (χ1n) is 4.27. The van der Waals surface area contributed by atoms with E-state index >= 15 is 0 Å². The number of likely N-dealkylation sites (tertiary alicyclic amines) is 1. The summed E-state index contributed by atoms with van der Waals surface area (Å²) in [5, 5.41) is 0. The van der Waals surface area contributed by atoms with Crippen LogP contribution in [0.1, 0.15) is 32.6 Å². The molecule has 1 rings (SSSR count). The third-order valence-electron chi connectivity index (χ3n) is 1.94. The van der Waals surface area contributed by atoms with Crippen LogP contribution in [0.3, 0.4) is 0 Å². The molecule has 62 valence electrons. The van der Waals surface area contributed by atoms with Crippen molar-refractivity contribution in [3.05, 3.63) is 12.3 Å². The summed E-state index contributed by atoms with van der Waals surface area (Å²) in [5.41, 5.74) is 0. The number of hydrogen-bond donors (Lipinski definition) is 0. The molecule has 1 aliphatic heterocycles. The molecule has 0 atom stereocenters. The maximum atomic E-state index is 11.3. The molecular formula is C9H15NO. The van der Waals surface area contributed by atoms with E-state index in [0.717, 1.165) is 25.8 Å². The number of amides is 1. The van der Waals surface area contributed by atoms with E-state index in [1.54, 1.807) is 0 Å². The number of allylic oxidation sites excluding steroid dienone is 1. The van der Waals surface area contributed by atoms with Gasteiger partial charge in [-0.05, 0) is 19.8 Å². The fourth-order valence-electron chi connectivity index (χ4n) is 1.34. The van der Waals surface area contributed by atoms with Crippen molar-refractivity contribution >= 4 is 5.91 Å². The Kier molecular flexibility index (Phi) is 3.14. The molecule has 0 unspecified atom stereocenters. The zero-order valence-electron chi connectivity index (χ0n) is 7.05. The van der Waals surface area contributed by atoms with Crippen LogP contribution in [0.4, 0.5) is 0 Å². The maximum absolute atomic E-state index is 11.3. The monoisotopic (exact) mass is 153 g/mol. The topological polar surface area (TPSA) is 20.3 Å². The van der Waals surface area contributed by atoms with Gasteiger partial charge in [0.15, 0.2) is 0 Å². The molecule has 1 aliphatic rings. The summed E-state index contributed by atoms with van der Waals surface area (Å²) in [5.74, 6) is 0.278. The van der Waals surface area contributed by atoms with Gasteiger partial charge in [-0.2, -0.15) is 0 Å². The molecule has 0 aromatic heterocycles. The summed E-state index contributed by atoms with van der Waals surface area (Å²) in [6.45, 7) is 2.85. The van der Waals surface area contributed by atoms with Crippen molar-refractivity contribution in [1.82, 2.24) is 4.90 Å². The third kappa shape index (κ3) is 2.37. The molecule has 1 amide bonds. The average Bonchev–Trinajstić information content (AvgIpc) is 2.18. The highest BCUT2D eigenvalue weighted by molar-refractivity contribution is 5.77. The molecule has 2 nitrogen and oxygen atoms in total. The van der Waals surface area contributed by atoms with Gasteiger partial charge in [-0.3, -0.25) is 4.79 Å². The predicted molar refractivity (Wildman–Crippen MR) is 45.0 cm³/mol. The average molecular weight is 153 g/mol. The Bertz CT molecular complexity index is 163. The predicted octanol–water partition coefficient (Wildman–Crippen LogP) is 1.92. The molecule has 1 saturated heterocycles. The Balaban J connectivity index is 2.52. The van der Waals surface area contributed by atoms with E-state index in [-0.39, 0.29) is 5.91 Å². The van der Waals surface area contributed by atoms with Crippen molar-refractivity contribution in [2.24, 2.45) is 0 Å². The molecule has 2 heteroatoms. The molecule has 0 saturated carbocycles. The van der Waals surface area contributed by atoms with Gasteiger partial charge in [0.2, 0.25) is 5.91 Å². The summed E-state index contributed by atoms with van der Waals surface area (Å²) in [7, 11) is 0. The lowest BCUT2D eigenvalue weighted by Gasteiger charge is -2.14. The number of rotatable bonds is 1. The quantitative estimate of drug-likeness (QED) is 0.563. The lowest BCUT2D eigenvalue weighted by Crippen LogP contribution is -2.24. The van der Waals surface area contributed by atoms with E-state index < -0.39 is 0 Å². The summed E-state index contributed by atoms with van der Waals surface area (Å²) in [6, 6.07) is 0. The SMILES string of the molecule is C/C=C/N1CCCCCC1=O. The second-order valence-corrected chi connectivity index (χ2v) is 2.88. The van der Waals surface area contributed by atoms with E-state index in [1.807, 2.05) is 24.1 Å². The van der Waals surface area contributed by atoms with Crippen molar-refractivity contribution in [2.45, 2.75) is 32.6 Å². The van der Waals surface area contributed by atoms with Crippen molar-refractivity contribution < 1.29 is 4.79 Å². The van der Waals surface area contributed by atoms with Crippen molar-refractivity contribution in [3.8, 4) is 0 Å². The molecule has 0 spiro atoms. The Labute approximate surface area is 67.9 Å².